The van der Waals surface area contributed by atoms with Crippen molar-refractivity contribution in [1.29, 1.82) is 0 Å². The Morgan fingerprint density at radius 1 is 1.27 bits per heavy atom. The zero-order chi connectivity index (χ0) is 7.23. The first kappa shape index (κ1) is 11.6. The summed E-state index contributed by atoms with van der Waals surface area (Å²) in [5.74, 6) is 1.07. The van der Waals surface area contributed by atoms with Gasteiger partial charge in [0.2, 0.25) is 0 Å². The molecule has 1 aliphatic rings. The summed E-state index contributed by atoms with van der Waals surface area (Å²) in [6, 6.07) is 0. The predicted octanol–water partition coefficient (Wildman–Crippen LogP) is 0.575. The van der Waals surface area contributed by atoms with Gasteiger partial charge in [-0.25, -0.2) is 0 Å². The summed E-state index contributed by atoms with van der Waals surface area (Å²) in [6.45, 7) is 2.29. The molecule has 0 nitrogen and oxygen atoms in total. The molecule has 1 aliphatic carbocycles. The Balaban J connectivity index is 0.000001000. The molecule has 0 heterocycles. The Morgan fingerprint density at radius 2 is 1.91 bits per heavy atom. The molecule has 1 rings (SSSR count). The van der Waals surface area contributed by atoms with Gasteiger partial charge in [-0.15, -0.1) is 0 Å². The maximum Gasteiger partial charge on any atom is 1.00 e. The largest absolute Gasteiger partial charge is 1.00 e. The molecule has 0 aromatic carbocycles. The van der Waals surface area contributed by atoms with Crippen LogP contribution in [-0.2, 0) is 0 Å². The summed E-state index contributed by atoms with van der Waals surface area (Å²) in [5.41, 5.74) is 0. The summed E-state index contributed by atoms with van der Waals surface area (Å²) >= 11 is 0. The van der Waals surface area contributed by atoms with Crippen LogP contribution in [0.4, 0.5) is 0 Å². The van der Waals surface area contributed by atoms with Gasteiger partial charge in [-0.1, -0.05) is 39.0 Å². The predicted molar refractivity (Wildman–Crippen MR) is 45.8 cm³/mol. The second-order valence-corrected chi connectivity index (χ2v) is 3.45. The zero-order valence-corrected chi connectivity index (χ0v) is 8.10. The van der Waals surface area contributed by atoms with Crippen molar-refractivity contribution in [3.63, 3.8) is 0 Å². The van der Waals surface area contributed by atoms with E-state index in [1.165, 1.54) is 44.9 Å². The molecular formula is C10H19Li. The van der Waals surface area contributed by atoms with Crippen molar-refractivity contribution in [3.05, 3.63) is 6.42 Å². The molecular weight excluding hydrogens is 127 g/mol. The van der Waals surface area contributed by atoms with Crippen molar-refractivity contribution in [2.45, 2.75) is 51.9 Å². The second kappa shape index (κ2) is 7.26. The number of hydrogen-bond acceptors (Lipinski definition) is 0. The second-order valence-electron chi connectivity index (χ2n) is 3.45. The molecule has 1 fully saturated rings. The van der Waals surface area contributed by atoms with Crippen molar-refractivity contribution >= 4 is 0 Å². The first-order chi connectivity index (χ1) is 4.93. The number of hydrogen-bond donors (Lipinski definition) is 0. The Morgan fingerprint density at radius 3 is 2.45 bits per heavy atom. The van der Waals surface area contributed by atoms with Gasteiger partial charge in [-0.05, 0) is 5.92 Å². The van der Waals surface area contributed by atoms with Crippen LogP contribution < -0.4 is 18.9 Å². The molecule has 0 aromatic rings. The fourth-order valence-corrected chi connectivity index (χ4v) is 1.78. The first-order valence-corrected chi connectivity index (χ1v) is 4.75. The van der Waals surface area contributed by atoms with E-state index in [9.17, 15) is 0 Å². The van der Waals surface area contributed by atoms with Crippen LogP contribution in [0.25, 0.3) is 0 Å². The topological polar surface area (TPSA) is 0 Å². The molecule has 0 bridgehead atoms. The minimum absolute atomic E-state index is 0. The van der Waals surface area contributed by atoms with Gasteiger partial charge in [-0.2, -0.15) is 12.8 Å². The quantitative estimate of drug-likeness (QED) is 0.403. The molecule has 0 N–H and O–H groups in total. The van der Waals surface area contributed by atoms with E-state index < -0.39 is 0 Å². The molecule has 0 unspecified atom stereocenters. The Labute approximate surface area is 83.3 Å². The number of rotatable bonds is 3. The molecule has 60 valence electrons. The third-order valence-electron chi connectivity index (χ3n) is 2.52. The summed E-state index contributed by atoms with van der Waals surface area (Å²) in [7, 11) is 0. The normalized spacial score (nSPS) is 19.4. The fraction of sp³-hybridized carbons (Fsp3) is 0.900. The molecule has 1 saturated carbocycles. The van der Waals surface area contributed by atoms with E-state index in [1.54, 1.807) is 0 Å². The van der Waals surface area contributed by atoms with Crippen LogP contribution in [0.1, 0.15) is 51.9 Å². The van der Waals surface area contributed by atoms with Crippen LogP contribution in [0.5, 0.6) is 0 Å². The van der Waals surface area contributed by atoms with Gasteiger partial charge in [0.1, 0.15) is 0 Å². The van der Waals surface area contributed by atoms with Crippen LogP contribution in [0.2, 0.25) is 0 Å². The van der Waals surface area contributed by atoms with E-state index in [2.05, 4.69) is 13.3 Å². The molecule has 0 spiro atoms. The smallest absolute Gasteiger partial charge is 0.328 e. The van der Waals surface area contributed by atoms with Gasteiger partial charge in [0.05, 0.1) is 0 Å². The van der Waals surface area contributed by atoms with Crippen LogP contribution in [0.15, 0.2) is 0 Å². The first-order valence-electron chi connectivity index (χ1n) is 4.75. The Hall–Kier alpha value is 0.597. The van der Waals surface area contributed by atoms with E-state index >= 15 is 0 Å². The molecule has 0 amide bonds. The molecule has 11 heavy (non-hydrogen) atoms. The molecule has 0 aromatic heterocycles. The van der Waals surface area contributed by atoms with E-state index in [4.69, 9.17) is 0 Å². The molecule has 0 atom stereocenters. The van der Waals surface area contributed by atoms with Gasteiger partial charge >= 0.3 is 18.9 Å². The van der Waals surface area contributed by atoms with Crippen LogP contribution >= 0.6 is 0 Å². The summed E-state index contributed by atoms with van der Waals surface area (Å²) < 4.78 is 0. The minimum Gasteiger partial charge on any atom is -0.328 e. The molecule has 0 aliphatic heterocycles. The van der Waals surface area contributed by atoms with E-state index in [0.717, 1.165) is 5.92 Å². The third kappa shape index (κ3) is 4.94. The van der Waals surface area contributed by atoms with Crippen LogP contribution in [-0.4, -0.2) is 0 Å². The SMILES string of the molecule is CCCCC1CC[CH-]CC1.[Li+]. The standard InChI is InChI=1S/C10H19.Li/c1-2-3-7-10-8-5-4-6-9-10;/h4,10H,2-3,5-9H2,1H3;/q-1;+1. The summed E-state index contributed by atoms with van der Waals surface area (Å²) in [4.78, 5) is 0. The third-order valence-corrected chi connectivity index (χ3v) is 2.52. The van der Waals surface area contributed by atoms with Crippen LogP contribution in [0.3, 0.4) is 0 Å². The average molecular weight is 146 g/mol. The van der Waals surface area contributed by atoms with Crippen molar-refractivity contribution in [2.75, 3.05) is 0 Å². The molecule has 0 saturated heterocycles. The Kier molecular flexibility index (Phi) is 7.65. The average Bonchev–Trinajstić information content (AvgIpc) is 2.03. The van der Waals surface area contributed by atoms with Crippen LogP contribution in [0, 0.1) is 12.3 Å². The zero-order valence-electron chi connectivity index (χ0n) is 8.10. The monoisotopic (exact) mass is 146 g/mol. The Bertz CT molecular complexity index is 74.9. The molecule has 1 heteroatoms. The van der Waals surface area contributed by atoms with Crippen molar-refractivity contribution < 1.29 is 18.9 Å². The van der Waals surface area contributed by atoms with E-state index in [1.807, 2.05) is 0 Å². The van der Waals surface area contributed by atoms with Gasteiger partial charge < -0.3 is 6.42 Å². The van der Waals surface area contributed by atoms with Gasteiger partial charge in [-0.3, -0.25) is 0 Å². The van der Waals surface area contributed by atoms with Gasteiger partial charge in [0.15, 0.2) is 0 Å². The van der Waals surface area contributed by atoms with Crippen molar-refractivity contribution in [2.24, 2.45) is 5.92 Å². The maximum atomic E-state index is 2.45. The number of unbranched alkanes of at least 4 members (excludes halogenated alkanes) is 1. The van der Waals surface area contributed by atoms with E-state index in [0.29, 0.717) is 0 Å². The minimum atomic E-state index is 0. The fourth-order valence-electron chi connectivity index (χ4n) is 1.78. The maximum absolute atomic E-state index is 2.45. The van der Waals surface area contributed by atoms with Gasteiger partial charge in [0, 0.05) is 0 Å². The van der Waals surface area contributed by atoms with Crippen molar-refractivity contribution in [1.82, 2.24) is 0 Å². The summed E-state index contributed by atoms with van der Waals surface area (Å²) in [5, 5.41) is 0. The molecule has 0 radical (unpaired) electrons. The van der Waals surface area contributed by atoms with Gasteiger partial charge in [0.25, 0.3) is 0 Å². The van der Waals surface area contributed by atoms with Crippen molar-refractivity contribution in [3.8, 4) is 0 Å². The van der Waals surface area contributed by atoms with E-state index in [-0.39, 0.29) is 18.9 Å². The summed E-state index contributed by atoms with van der Waals surface area (Å²) in [6.07, 6.45) is 12.5.